The number of hydrogen-bond acceptors (Lipinski definition) is 4. The molecule has 2 aromatic carbocycles. The number of anilines is 1. The van der Waals surface area contributed by atoms with E-state index in [-0.39, 0.29) is 0 Å². The first-order chi connectivity index (χ1) is 14.7. The van der Waals surface area contributed by atoms with Crippen LogP contribution in [0.4, 0.5) is 5.69 Å². The van der Waals surface area contributed by atoms with Crippen LogP contribution in [0.25, 0.3) is 0 Å². The van der Waals surface area contributed by atoms with Gasteiger partial charge in [0.1, 0.15) is 11.5 Å². The van der Waals surface area contributed by atoms with Crippen molar-refractivity contribution in [3.63, 3.8) is 0 Å². The monoisotopic (exact) mass is 429 g/mol. The highest BCUT2D eigenvalue weighted by atomic mass is 32.1. The van der Waals surface area contributed by atoms with Gasteiger partial charge in [-0.05, 0) is 54.2 Å². The van der Waals surface area contributed by atoms with Gasteiger partial charge in [0.05, 0.1) is 46.9 Å². The second kappa shape index (κ2) is 11.6. The van der Waals surface area contributed by atoms with Crippen molar-refractivity contribution >= 4 is 23.0 Å². The summed E-state index contributed by atoms with van der Waals surface area (Å²) in [6.45, 7) is 7.32. The summed E-state index contributed by atoms with van der Waals surface area (Å²) in [5, 5.41) is 7.30. The van der Waals surface area contributed by atoms with Crippen LogP contribution in [0.1, 0.15) is 12.0 Å². The van der Waals surface area contributed by atoms with E-state index in [1.54, 1.807) is 19.1 Å². The van der Waals surface area contributed by atoms with Gasteiger partial charge in [0, 0.05) is 25.2 Å². The lowest BCUT2D eigenvalue weighted by Crippen LogP contribution is -3.15. The fourth-order valence-corrected chi connectivity index (χ4v) is 3.83. The third-order valence-corrected chi connectivity index (χ3v) is 5.80. The molecule has 1 aliphatic rings. The number of thiocarbonyl (C=S) groups is 1. The van der Waals surface area contributed by atoms with E-state index in [2.05, 4.69) is 27.7 Å². The van der Waals surface area contributed by atoms with Crippen molar-refractivity contribution in [3.05, 3.63) is 54.1 Å². The number of ether oxygens (including phenoxy) is 2. The molecule has 3 rings (SSSR count). The maximum absolute atomic E-state index is 5.39. The summed E-state index contributed by atoms with van der Waals surface area (Å²) in [6.07, 6.45) is 1.11. The molecule has 1 saturated heterocycles. The summed E-state index contributed by atoms with van der Waals surface area (Å²) in [4.78, 5) is 4.12. The van der Waals surface area contributed by atoms with Crippen LogP contribution in [0, 0.1) is 0 Å². The summed E-state index contributed by atoms with van der Waals surface area (Å²) in [6, 6.07) is 16.4. The van der Waals surface area contributed by atoms with Crippen LogP contribution in [-0.2, 0) is 6.54 Å². The molecule has 162 valence electrons. The van der Waals surface area contributed by atoms with Crippen LogP contribution in [0.3, 0.4) is 0 Å². The van der Waals surface area contributed by atoms with Crippen molar-refractivity contribution in [2.45, 2.75) is 13.0 Å². The molecule has 0 atom stereocenters. The number of piperazine rings is 1. The third-order valence-electron chi connectivity index (χ3n) is 5.51. The zero-order valence-electron chi connectivity index (χ0n) is 17.9. The van der Waals surface area contributed by atoms with Crippen LogP contribution in [0.5, 0.6) is 11.5 Å². The van der Waals surface area contributed by atoms with Gasteiger partial charge in [0.15, 0.2) is 5.11 Å². The number of rotatable bonds is 9. The molecule has 0 amide bonds. The van der Waals surface area contributed by atoms with E-state index < -0.39 is 0 Å². The first kappa shape index (κ1) is 22.2. The Kier molecular flexibility index (Phi) is 8.59. The lowest BCUT2D eigenvalue weighted by atomic mass is 10.2. The zero-order valence-corrected chi connectivity index (χ0v) is 18.8. The van der Waals surface area contributed by atoms with E-state index in [0.717, 1.165) is 37.6 Å². The second-order valence-electron chi connectivity index (χ2n) is 7.50. The fourth-order valence-electron chi connectivity index (χ4n) is 3.65. The molecule has 1 heterocycles. The molecule has 0 unspecified atom stereocenters. The number of nitrogens with zero attached hydrogens (tertiary/aromatic N) is 1. The minimum absolute atomic E-state index is 0.713. The van der Waals surface area contributed by atoms with Crippen LogP contribution < -0.4 is 29.9 Å². The number of benzene rings is 2. The molecule has 6 nitrogen and oxygen atoms in total. The summed E-state index contributed by atoms with van der Waals surface area (Å²) in [5.74, 6) is 1.78. The SMILES string of the molecule is COc1ccc(CNC(=S)NCCC[NH+]2CCN(c3ccc(OC)cc3)CC2)cc1. The quantitative estimate of drug-likeness (QED) is 0.415. The van der Waals surface area contributed by atoms with Gasteiger partial charge < -0.3 is 29.9 Å². The Morgan fingerprint density at radius 1 is 0.933 bits per heavy atom. The largest absolute Gasteiger partial charge is 0.497 e. The molecular weight excluding hydrogens is 396 g/mol. The molecule has 30 heavy (non-hydrogen) atoms. The van der Waals surface area contributed by atoms with Crippen molar-refractivity contribution < 1.29 is 14.4 Å². The molecule has 1 aliphatic heterocycles. The van der Waals surface area contributed by atoms with E-state index >= 15 is 0 Å². The average Bonchev–Trinajstić information content (AvgIpc) is 2.81. The molecule has 3 N–H and O–H groups in total. The number of hydrogen-bond donors (Lipinski definition) is 3. The highest BCUT2D eigenvalue weighted by molar-refractivity contribution is 7.80. The Morgan fingerprint density at radius 3 is 2.13 bits per heavy atom. The average molecular weight is 430 g/mol. The molecular formula is C23H33N4O2S+. The molecule has 0 bridgehead atoms. The third kappa shape index (κ3) is 6.78. The molecule has 0 saturated carbocycles. The highest BCUT2D eigenvalue weighted by Crippen LogP contribution is 2.19. The maximum atomic E-state index is 5.39. The molecule has 0 aliphatic carbocycles. The van der Waals surface area contributed by atoms with Crippen molar-refractivity contribution in [2.75, 3.05) is 58.4 Å². The van der Waals surface area contributed by atoms with Gasteiger partial charge in [-0.15, -0.1) is 0 Å². The lowest BCUT2D eigenvalue weighted by molar-refractivity contribution is -0.900. The van der Waals surface area contributed by atoms with Crippen LogP contribution in [0.15, 0.2) is 48.5 Å². The van der Waals surface area contributed by atoms with E-state index in [4.69, 9.17) is 21.7 Å². The Hall–Kier alpha value is -2.51. The van der Waals surface area contributed by atoms with Crippen molar-refractivity contribution in [1.82, 2.24) is 10.6 Å². The first-order valence-corrected chi connectivity index (χ1v) is 11.0. The maximum Gasteiger partial charge on any atom is 0.166 e. The van der Waals surface area contributed by atoms with Gasteiger partial charge in [-0.3, -0.25) is 0 Å². The van der Waals surface area contributed by atoms with Crippen molar-refractivity contribution in [2.24, 2.45) is 0 Å². The molecule has 0 spiro atoms. The van der Waals surface area contributed by atoms with Crippen molar-refractivity contribution in [1.29, 1.82) is 0 Å². The molecule has 0 aromatic heterocycles. The smallest absolute Gasteiger partial charge is 0.166 e. The minimum atomic E-state index is 0.713. The normalized spacial score (nSPS) is 14.3. The van der Waals surface area contributed by atoms with Gasteiger partial charge in [-0.1, -0.05) is 12.1 Å². The first-order valence-electron chi connectivity index (χ1n) is 10.5. The Balaban J connectivity index is 1.27. The molecule has 7 heteroatoms. The predicted octanol–water partition coefficient (Wildman–Crippen LogP) is 1.46. The number of quaternary nitrogens is 1. The van der Waals surface area contributed by atoms with Crippen LogP contribution in [-0.4, -0.2) is 58.6 Å². The standard InChI is InChI=1S/C23H32N4O2S/c1-28-21-8-4-19(5-9-21)18-25-23(30)24-12-3-13-26-14-16-27(17-15-26)20-6-10-22(29-2)11-7-20/h4-11H,3,12-18H2,1-2H3,(H2,24,25,30)/p+1. The summed E-state index contributed by atoms with van der Waals surface area (Å²) < 4.78 is 10.4. The lowest BCUT2D eigenvalue weighted by Gasteiger charge is -2.33. The Morgan fingerprint density at radius 2 is 1.53 bits per heavy atom. The van der Waals surface area contributed by atoms with Crippen LogP contribution in [0.2, 0.25) is 0 Å². The van der Waals surface area contributed by atoms with Crippen molar-refractivity contribution in [3.8, 4) is 11.5 Å². The van der Waals surface area contributed by atoms with E-state index in [0.29, 0.717) is 11.7 Å². The van der Waals surface area contributed by atoms with E-state index in [1.807, 2.05) is 36.4 Å². The van der Waals surface area contributed by atoms with Gasteiger partial charge in [-0.25, -0.2) is 0 Å². The van der Waals surface area contributed by atoms with E-state index in [1.165, 1.54) is 30.9 Å². The highest BCUT2D eigenvalue weighted by Gasteiger charge is 2.19. The molecule has 1 fully saturated rings. The van der Waals surface area contributed by atoms with Gasteiger partial charge >= 0.3 is 0 Å². The fraction of sp³-hybridized carbons (Fsp3) is 0.435. The number of methoxy groups -OCH3 is 2. The van der Waals surface area contributed by atoms with Gasteiger partial charge in [0.25, 0.3) is 0 Å². The van der Waals surface area contributed by atoms with Gasteiger partial charge in [0.2, 0.25) is 0 Å². The number of nitrogens with one attached hydrogen (secondary N) is 3. The van der Waals surface area contributed by atoms with Gasteiger partial charge in [-0.2, -0.15) is 0 Å². The predicted molar refractivity (Wildman–Crippen MR) is 126 cm³/mol. The Bertz CT molecular complexity index is 775. The van der Waals surface area contributed by atoms with Crippen LogP contribution >= 0.6 is 12.2 Å². The topological polar surface area (TPSA) is 50.2 Å². The van der Waals surface area contributed by atoms with E-state index in [9.17, 15) is 0 Å². The summed E-state index contributed by atoms with van der Waals surface area (Å²) in [5.41, 5.74) is 2.46. The summed E-state index contributed by atoms with van der Waals surface area (Å²) in [7, 11) is 3.38. The summed E-state index contributed by atoms with van der Waals surface area (Å²) >= 11 is 5.39. The molecule has 2 aromatic rings. The minimum Gasteiger partial charge on any atom is -0.497 e. The second-order valence-corrected chi connectivity index (χ2v) is 7.90. The zero-order chi connectivity index (χ0) is 21.2. The Labute approximate surface area is 185 Å². The molecule has 0 radical (unpaired) electrons.